The number of ether oxygens (including phenoxy) is 1. The van der Waals surface area contributed by atoms with Gasteiger partial charge in [0.25, 0.3) is 5.91 Å². The molecule has 23 heavy (non-hydrogen) atoms. The van der Waals surface area contributed by atoms with Crippen LogP contribution in [0.2, 0.25) is 0 Å². The lowest BCUT2D eigenvalue weighted by Gasteiger charge is -2.36. The van der Waals surface area contributed by atoms with Crippen molar-refractivity contribution in [2.24, 2.45) is 0 Å². The number of hydrogen-bond donors (Lipinski definition) is 2. The molecule has 1 amide bonds. The summed E-state index contributed by atoms with van der Waals surface area (Å²) >= 11 is 0. The van der Waals surface area contributed by atoms with Gasteiger partial charge in [0.05, 0.1) is 12.7 Å². The van der Waals surface area contributed by atoms with E-state index in [9.17, 15) is 9.90 Å². The van der Waals surface area contributed by atoms with Gasteiger partial charge in [-0.05, 0) is 49.9 Å². The van der Waals surface area contributed by atoms with Crippen LogP contribution in [0.4, 0.5) is 0 Å². The molecule has 122 valence electrons. The zero-order chi connectivity index (χ0) is 16.4. The van der Waals surface area contributed by atoms with Crippen LogP contribution >= 0.6 is 0 Å². The highest BCUT2D eigenvalue weighted by Gasteiger charge is 2.34. The number of rotatable bonds is 5. The van der Waals surface area contributed by atoms with Crippen molar-refractivity contribution in [2.45, 2.75) is 31.8 Å². The molecule has 0 radical (unpaired) electrons. The van der Waals surface area contributed by atoms with E-state index in [1.54, 1.807) is 24.1 Å². The average Bonchev–Trinajstić information content (AvgIpc) is 3.00. The molecule has 6 heteroatoms. The number of aliphatic hydroxyl groups is 1. The first-order valence-electron chi connectivity index (χ1n) is 7.72. The van der Waals surface area contributed by atoms with Crippen molar-refractivity contribution < 1.29 is 14.6 Å². The summed E-state index contributed by atoms with van der Waals surface area (Å²) < 4.78 is 6.97. The fourth-order valence-corrected chi connectivity index (χ4v) is 2.66. The number of carbonyl (C=O) groups is 1. The lowest BCUT2D eigenvalue weighted by Crippen LogP contribution is -2.47. The molecule has 0 saturated heterocycles. The van der Waals surface area contributed by atoms with Crippen LogP contribution in [0.15, 0.2) is 30.5 Å². The summed E-state index contributed by atoms with van der Waals surface area (Å²) in [5, 5.41) is 17.1. The molecule has 1 fully saturated rings. The Morgan fingerprint density at radius 3 is 2.87 bits per heavy atom. The minimum absolute atomic E-state index is 0.270. The van der Waals surface area contributed by atoms with Crippen LogP contribution in [-0.4, -0.2) is 40.0 Å². The Kier molecular flexibility index (Phi) is 4.09. The van der Waals surface area contributed by atoms with Crippen molar-refractivity contribution in [1.82, 2.24) is 15.1 Å². The molecule has 0 aliphatic heterocycles. The number of benzene rings is 1. The van der Waals surface area contributed by atoms with E-state index in [1.807, 2.05) is 25.1 Å². The topological polar surface area (TPSA) is 76.4 Å². The van der Waals surface area contributed by atoms with Gasteiger partial charge in [0, 0.05) is 12.7 Å². The van der Waals surface area contributed by atoms with Crippen LogP contribution in [0.25, 0.3) is 5.69 Å². The maximum atomic E-state index is 12.2. The van der Waals surface area contributed by atoms with Gasteiger partial charge >= 0.3 is 0 Å². The standard InChI is InChI=1S/C17H21N3O3/c1-12-4-5-15(23-2)14(10-12)20-9-6-13(19-20)16(21)18-11-17(22)7-3-8-17/h4-6,9-10,22H,3,7-8,11H2,1-2H3,(H,18,21). The van der Waals surface area contributed by atoms with Gasteiger partial charge in [-0.1, -0.05) is 6.07 Å². The molecule has 0 bridgehead atoms. The van der Waals surface area contributed by atoms with Crippen LogP contribution in [-0.2, 0) is 0 Å². The van der Waals surface area contributed by atoms with Crippen molar-refractivity contribution in [2.75, 3.05) is 13.7 Å². The largest absolute Gasteiger partial charge is 0.494 e. The van der Waals surface area contributed by atoms with Gasteiger partial charge in [-0.2, -0.15) is 5.10 Å². The molecule has 1 saturated carbocycles. The van der Waals surface area contributed by atoms with Gasteiger partial charge in [0.2, 0.25) is 0 Å². The Balaban J connectivity index is 1.75. The van der Waals surface area contributed by atoms with E-state index in [2.05, 4.69) is 10.4 Å². The smallest absolute Gasteiger partial charge is 0.271 e. The second-order valence-electron chi connectivity index (χ2n) is 6.08. The molecule has 3 rings (SSSR count). The zero-order valence-corrected chi connectivity index (χ0v) is 13.4. The molecule has 2 N–H and O–H groups in total. The third kappa shape index (κ3) is 3.22. The van der Waals surface area contributed by atoms with Crippen molar-refractivity contribution >= 4 is 5.91 Å². The number of aromatic nitrogens is 2. The highest BCUT2D eigenvalue weighted by molar-refractivity contribution is 5.92. The predicted molar refractivity (Wildman–Crippen MR) is 86.0 cm³/mol. The summed E-state index contributed by atoms with van der Waals surface area (Å²) in [6.45, 7) is 2.26. The minimum Gasteiger partial charge on any atom is -0.494 e. The van der Waals surface area contributed by atoms with E-state index < -0.39 is 5.60 Å². The summed E-state index contributed by atoms with van der Waals surface area (Å²) in [5.74, 6) is 0.408. The Labute approximate surface area is 135 Å². The Morgan fingerprint density at radius 1 is 1.43 bits per heavy atom. The fourth-order valence-electron chi connectivity index (χ4n) is 2.66. The summed E-state index contributed by atoms with van der Waals surface area (Å²) in [6, 6.07) is 7.43. The van der Waals surface area contributed by atoms with Crippen molar-refractivity contribution in [3.63, 3.8) is 0 Å². The molecule has 0 atom stereocenters. The van der Waals surface area contributed by atoms with Crippen molar-refractivity contribution in [1.29, 1.82) is 0 Å². The minimum atomic E-state index is -0.738. The highest BCUT2D eigenvalue weighted by Crippen LogP contribution is 2.30. The van der Waals surface area contributed by atoms with Crippen molar-refractivity contribution in [3.05, 3.63) is 41.7 Å². The van der Waals surface area contributed by atoms with Crippen molar-refractivity contribution in [3.8, 4) is 11.4 Å². The number of nitrogens with one attached hydrogen (secondary N) is 1. The monoisotopic (exact) mass is 315 g/mol. The molecule has 1 aliphatic carbocycles. The third-order valence-corrected chi connectivity index (χ3v) is 4.27. The highest BCUT2D eigenvalue weighted by atomic mass is 16.5. The molecule has 1 aromatic carbocycles. The average molecular weight is 315 g/mol. The van der Waals surface area contributed by atoms with Gasteiger partial charge < -0.3 is 15.2 Å². The predicted octanol–water partition coefficient (Wildman–Crippen LogP) is 1.83. The summed E-state index contributed by atoms with van der Waals surface area (Å²) in [6.07, 6.45) is 4.21. The molecule has 0 spiro atoms. The quantitative estimate of drug-likeness (QED) is 0.882. The summed E-state index contributed by atoms with van der Waals surface area (Å²) in [7, 11) is 1.60. The summed E-state index contributed by atoms with van der Waals surface area (Å²) in [5.41, 5.74) is 1.44. The van der Waals surface area contributed by atoms with Crippen LogP contribution < -0.4 is 10.1 Å². The molecule has 6 nitrogen and oxygen atoms in total. The molecular weight excluding hydrogens is 294 g/mol. The van der Waals surface area contributed by atoms with Crippen LogP contribution in [0.5, 0.6) is 5.75 Å². The third-order valence-electron chi connectivity index (χ3n) is 4.27. The summed E-state index contributed by atoms with van der Waals surface area (Å²) in [4.78, 5) is 12.2. The fraction of sp³-hybridized carbons (Fsp3) is 0.412. The number of amides is 1. The van der Waals surface area contributed by atoms with E-state index in [1.165, 1.54) is 0 Å². The van der Waals surface area contributed by atoms with Gasteiger partial charge in [-0.3, -0.25) is 4.79 Å². The molecule has 1 aliphatic rings. The zero-order valence-electron chi connectivity index (χ0n) is 13.4. The van der Waals surface area contributed by atoms with Crippen LogP contribution in [0.1, 0.15) is 35.3 Å². The number of nitrogens with zero attached hydrogens (tertiary/aromatic N) is 2. The van der Waals surface area contributed by atoms with Gasteiger partial charge in [0.1, 0.15) is 11.4 Å². The van der Waals surface area contributed by atoms with Gasteiger partial charge in [-0.15, -0.1) is 0 Å². The van der Waals surface area contributed by atoms with E-state index >= 15 is 0 Å². The first-order valence-corrected chi connectivity index (χ1v) is 7.72. The molecular formula is C17H21N3O3. The maximum absolute atomic E-state index is 12.2. The van der Waals surface area contributed by atoms with E-state index in [-0.39, 0.29) is 12.5 Å². The first-order chi connectivity index (χ1) is 11.0. The first kappa shape index (κ1) is 15.6. The molecule has 1 heterocycles. The van der Waals surface area contributed by atoms with E-state index in [0.717, 1.165) is 30.5 Å². The second kappa shape index (κ2) is 6.04. The Bertz CT molecular complexity index is 720. The normalized spacial score (nSPS) is 15.8. The maximum Gasteiger partial charge on any atom is 0.271 e. The van der Waals surface area contributed by atoms with Gasteiger partial charge in [0.15, 0.2) is 5.69 Å². The molecule has 2 aromatic rings. The lowest BCUT2D eigenvalue weighted by molar-refractivity contribution is -0.0300. The number of hydrogen-bond acceptors (Lipinski definition) is 4. The van der Waals surface area contributed by atoms with Gasteiger partial charge in [-0.25, -0.2) is 4.68 Å². The molecule has 0 unspecified atom stereocenters. The number of methoxy groups -OCH3 is 1. The van der Waals surface area contributed by atoms with Crippen LogP contribution in [0.3, 0.4) is 0 Å². The molecule has 1 aromatic heterocycles. The lowest BCUT2D eigenvalue weighted by atomic mass is 9.80. The Morgan fingerprint density at radius 2 is 2.22 bits per heavy atom. The second-order valence-corrected chi connectivity index (χ2v) is 6.08. The number of aryl methyl sites for hydroxylation is 1. The Hall–Kier alpha value is -2.34. The van der Waals surface area contributed by atoms with E-state index in [0.29, 0.717) is 11.4 Å². The SMILES string of the molecule is COc1ccc(C)cc1-n1ccc(C(=O)NCC2(O)CCC2)n1. The van der Waals surface area contributed by atoms with E-state index in [4.69, 9.17) is 4.74 Å². The number of carbonyl (C=O) groups excluding carboxylic acids is 1. The van der Waals surface area contributed by atoms with Crippen LogP contribution in [0, 0.1) is 6.92 Å².